The molecule has 1 fully saturated rings. The predicted octanol–water partition coefficient (Wildman–Crippen LogP) is 2.72. The van der Waals surface area contributed by atoms with Crippen LogP contribution in [0.5, 0.6) is 11.5 Å². The lowest BCUT2D eigenvalue weighted by Gasteiger charge is -2.36. The molecule has 0 amide bonds. The van der Waals surface area contributed by atoms with Gasteiger partial charge in [-0.2, -0.15) is 13.2 Å². The molecule has 0 aromatic heterocycles. The Morgan fingerprint density at radius 1 is 1.32 bits per heavy atom. The van der Waals surface area contributed by atoms with E-state index in [2.05, 4.69) is 5.32 Å². The standard InChI is InChI=1S/C14H19F3N2O2.ClH/c1-2-21-12-9-10(3-4-11(12)20)13(14(15,16)17)19-7-5-18-6-8-19;/h3-4,9,13,18,20H,2,5-8H2,1H3;1H/t13-;/m0./s1. The van der Waals surface area contributed by atoms with E-state index in [9.17, 15) is 18.3 Å². The van der Waals surface area contributed by atoms with Crippen molar-refractivity contribution in [2.75, 3.05) is 32.8 Å². The summed E-state index contributed by atoms with van der Waals surface area (Å²) >= 11 is 0. The summed E-state index contributed by atoms with van der Waals surface area (Å²) in [5.41, 5.74) is 0.0886. The van der Waals surface area contributed by atoms with Crippen molar-refractivity contribution in [3.05, 3.63) is 23.8 Å². The molecule has 0 bridgehead atoms. The number of ether oxygens (including phenoxy) is 1. The van der Waals surface area contributed by atoms with E-state index in [1.165, 1.54) is 23.1 Å². The summed E-state index contributed by atoms with van der Waals surface area (Å²) in [5.74, 6) is -0.0683. The van der Waals surface area contributed by atoms with Crippen molar-refractivity contribution in [2.24, 2.45) is 0 Å². The van der Waals surface area contributed by atoms with E-state index in [1.807, 2.05) is 0 Å². The number of rotatable bonds is 4. The third-order valence-electron chi connectivity index (χ3n) is 3.43. The number of phenolic OH excluding ortho intramolecular Hbond substituents is 1. The topological polar surface area (TPSA) is 44.7 Å². The maximum Gasteiger partial charge on any atom is 0.408 e. The van der Waals surface area contributed by atoms with E-state index < -0.39 is 12.2 Å². The van der Waals surface area contributed by atoms with Crippen LogP contribution < -0.4 is 10.1 Å². The van der Waals surface area contributed by atoms with Gasteiger partial charge >= 0.3 is 6.18 Å². The Hall–Kier alpha value is -1.18. The number of halogens is 4. The molecular formula is C14H20ClF3N2O2. The zero-order valence-corrected chi connectivity index (χ0v) is 13.0. The number of hydrogen-bond donors (Lipinski definition) is 2. The van der Waals surface area contributed by atoms with E-state index in [4.69, 9.17) is 4.74 Å². The third kappa shape index (κ3) is 4.41. The lowest BCUT2D eigenvalue weighted by molar-refractivity contribution is -0.187. The lowest BCUT2D eigenvalue weighted by atomic mass is 10.0. The Morgan fingerprint density at radius 3 is 2.50 bits per heavy atom. The largest absolute Gasteiger partial charge is 0.504 e. The molecule has 2 N–H and O–H groups in total. The number of phenols is 1. The number of piperazine rings is 1. The van der Waals surface area contributed by atoms with E-state index in [0.717, 1.165) is 0 Å². The van der Waals surface area contributed by atoms with Crippen molar-refractivity contribution in [2.45, 2.75) is 19.1 Å². The molecule has 126 valence electrons. The second kappa shape index (κ2) is 7.89. The van der Waals surface area contributed by atoms with Crippen LogP contribution in [-0.2, 0) is 0 Å². The Labute approximate surface area is 133 Å². The third-order valence-corrected chi connectivity index (χ3v) is 3.43. The van der Waals surface area contributed by atoms with Gasteiger partial charge in [-0.25, -0.2) is 0 Å². The lowest BCUT2D eigenvalue weighted by Crippen LogP contribution is -2.49. The Balaban J connectivity index is 0.00000242. The summed E-state index contributed by atoms with van der Waals surface area (Å²) in [6, 6.07) is 2.15. The van der Waals surface area contributed by atoms with E-state index in [1.54, 1.807) is 6.92 Å². The molecule has 1 heterocycles. The molecule has 1 saturated heterocycles. The Morgan fingerprint density at radius 2 is 1.95 bits per heavy atom. The molecule has 4 nitrogen and oxygen atoms in total. The zero-order valence-electron chi connectivity index (χ0n) is 12.2. The predicted molar refractivity (Wildman–Crippen MR) is 79.8 cm³/mol. The molecule has 1 aromatic carbocycles. The molecule has 22 heavy (non-hydrogen) atoms. The van der Waals surface area contributed by atoms with Gasteiger partial charge in [-0.15, -0.1) is 12.4 Å². The maximum absolute atomic E-state index is 13.4. The Kier molecular flexibility index (Phi) is 6.77. The summed E-state index contributed by atoms with van der Waals surface area (Å²) in [7, 11) is 0. The van der Waals surface area contributed by atoms with Crippen LogP contribution in [0.25, 0.3) is 0 Å². The molecule has 1 aromatic rings. The molecule has 8 heteroatoms. The molecular weight excluding hydrogens is 321 g/mol. The number of nitrogens with zero attached hydrogens (tertiary/aromatic N) is 1. The minimum Gasteiger partial charge on any atom is -0.504 e. The summed E-state index contributed by atoms with van der Waals surface area (Å²) < 4.78 is 45.5. The summed E-state index contributed by atoms with van der Waals surface area (Å²) in [6.45, 7) is 3.71. The van der Waals surface area contributed by atoms with Crippen LogP contribution in [0.15, 0.2) is 18.2 Å². The van der Waals surface area contributed by atoms with E-state index in [0.29, 0.717) is 26.2 Å². The maximum atomic E-state index is 13.4. The van der Waals surface area contributed by atoms with Crippen LogP contribution in [0.3, 0.4) is 0 Å². The zero-order chi connectivity index (χ0) is 15.5. The average molecular weight is 341 g/mol. The highest BCUT2D eigenvalue weighted by Crippen LogP contribution is 2.40. The van der Waals surface area contributed by atoms with Gasteiger partial charge in [-0.05, 0) is 24.6 Å². The molecule has 1 atom stereocenters. The number of hydrogen-bond acceptors (Lipinski definition) is 4. The molecule has 0 aliphatic carbocycles. The molecule has 0 saturated carbocycles. The first-order chi connectivity index (χ1) is 9.93. The van der Waals surface area contributed by atoms with Crippen molar-refractivity contribution < 1.29 is 23.0 Å². The number of aromatic hydroxyl groups is 1. The summed E-state index contributed by atoms with van der Waals surface area (Å²) in [5, 5.41) is 12.7. The van der Waals surface area contributed by atoms with Crippen molar-refractivity contribution in [3.8, 4) is 11.5 Å². The monoisotopic (exact) mass is 340 g/mol. The van der Waals surface area contributed by atoms with Crippen molar-refractivity contribution in [3.63, 3.8) is 0 Å². The van der Waals surface area contributed by atoms with Crippen molar-refractivity contribution >= 4 is 12.4 Å². The molecule has 2 rings (SSSR count). The van der Waals surface area contributed by atoms with Gasteiger partial charge in [0, 0.05) is 26.2 Å². The number of alkyl halides is 3. The second-order valence-corrected chi connectivity index (χ2v) is 4.89. The van der Waals surface area contributed by atoms with Crippen molar-refractivity contribution in [1.29, 1.82) is 0 Å². The van der Waals surface area contributed by atoms with Gasteiger partial charge in [0.2, 0.25) is 0 Å². The molecule has 0 unspecified atom stereocenters. The van der Waals surface area contributed by atoms with Gasteiger partial charge in [-0.3, -0.25) is 4.90 Å². The Bertz CT molecular complexity index is 480. The fourth-order valence-corrected chi connectivity index (χ4v) is 2.52. The van der Waals surface area contributed by atoms with Crippen molar-refractivity contribution in [1.82, 2.24) is 10.2 Å². The minimum atomic E-state index is -4.38. The fraction of sp³-hybridized carbons (Fsp3) is 0.571. The van der Waals surface area contributed by atoms with Gasteiger partial charge in [-0.1, -0.05) is 6.07 Å². The van der Waals surface area contributed by atoms with Gasteiger partial charge in [0.1, 0.15) is 6.04 Å². The first-order valence-electron chi connectivity index (χ1n) is 6.90. The van der Waals surface area contributed by atoms with Crippen LogP contribution >= 0.6 is 12.4 Å². The molecule has 1 aliphatic rings. The smallest absolute Gasteiger partial charge is 0.408 e. The SMILES string of the molecule is CCOc1cc([C@H](N2CCNCC2)C(F)(F)F)ccc1O.Cl. The van der Waals surface area contributed by atoms with Crippen LogP contribution in [-0.4, -0.2) is 49.0 Å². The summed E-state index contributed by atoms with van der Waals surface area (Å²) in [6.07, 6.45) is -4.38. The van der Waals surface area contributed by atoms with Crippen LogP contribution in [0.2, 0.25) is 0 Å². The quantitative estimate of drug-likeness (QED) is 0.884. The minimum absolute atomic E-state index is 0. The highest BCUT2D eigenvalue weighted by Gasteiger charge is 2.45. The molecule has 1 aliphatic heterocycles. The van der Waals surface area contributed by atoms with Gasteiger partial charge in [0.05, 0.1) is 6.61 Å². The molecule has 0 spiro atoms. The first-order valence-corrected chi connectivity index (χ1v) is 6.90. The van der Waals surface area contributed by atoms with E-state index >= 15 is 0 Å². The molecule has 0 radical (unpaired) electrons. The van der Waals surface area contributed by atoms with Crippen LogP contribution in [0.1, 0.15) is 18.5 Å². The number of nitrogens with one attached hydrogen (secondary N) is 1. The van der Waals surface area contributed by atoms with Gasteiger partial charge < -0.3 is 15.2 Å². The summed E-state index contributed by atoms with van der Waals surface area (Å²) in [4.78, 5) is 1.40. The van der Waals surface area contributed by atoms with Crippen LogP contribution in [0.4, 0.5) is 13.2 Å². The van der Waals surface area contributed by atoms with E-state index in [-0.39, 0.29) is 36.1 Å². The highest BCUT2D eigenvalue weighted by molar-refractivity contribution is 5.85. The van der Waals surface area contributed by atoms with Crippen LogP contribution in [0, 0.1) is 0 Å². The normalized spacial score (nSPS) is 17.6. The fourth-order valence-electron chi connectivity index (χ4n) is 2.52. The second-order valence-electron chi connectivity index (χ2n) is 4.89. The highest BCUT2D eigenvalue weighted by atomic mass is 35.5. The van der Waals surface area contributed by atoms with Gasteiger partial charge in [0.15, 0.2) is 11.5 Å². The average Bonchev–Trinajstić information content (AvgIpc) is 2.42. The first kappa shape index (κ1) is 18.9. The van der Waals surface area contributed by atoms with Gasteiger partial charge in [0.25, 0.3) is 0 Å². The number of benzene rings is 1.